The molecular weight excluding hydrogens is 264 g/mol. The van der Waals surface area contributed by atoms with Crippen LogP contribution in [0, 0.1) is 13.8 Å². The van der Waals surface area contributed by atoms with Crippen LogP contribution in [0.25, 0.3) is 0 Å². The summed E-state index contributed by atoms with van der Waals surface area (Å²) in [5.41, 5.74) is 0.958. The zero-order chi connectivity index (χ0) is 14.2. The van der Waals surface area contributed by atoms with Crippen LogP contribution in [0.4, 0.5) is 11.6 Å². The number of aromatic nitrogens is 2. The van der Waals surface area contributed by atoms with Crippen LogP contribution in [0.3, 0.4) is 0 Å². The van der Waals surface area contributed by atoms with Gasteiger partial charge in [0.1, 0.15) is 17.5 Å². The predicted octanol–water partition coefficient (Wildman–Crippen LogP) is 0.758. The van der Waals surface area contributed by atoms with Crippen molar-refractivity contribution in [2.75, 3.05) is 35.3 Å². The van der Waals surface area contributed by atoms with Crippen LogP contribution in [0.15, 0.2) is 0 Å². The standard InChI is InChI=1S/C12H20N4O2S/c1-8-7-19(17,18)6-5-16(8)12-9(2)11(13-4)14-10(3)15-12/h8H,5-7H2,1-4H3,(H,13,14,15). The lowest BCUT2D eigenvalue weighted by Crippen LogP contribution is -2.47. The van der Waals surface area contributed by atoms with Gasteiger partial charge in [-0.3, -0.25) is 0 Å². The van der Waals surface area contributed by atoms with Gasteiger partial charge in [0, 0.05) is 25.2 Å². The van der Waals surface area contributed by atoms with E-state index in [2.05, 4.69) is 20.2 Å². The van der Waals surface area contributed by atoms with Crippen LogP contribution in [0.5, 0.6) is 0 Å². The molecule has 1 saturated heterocycles. The highest BCUT2D eigenvalue weighted by molar-refractivity contribution is 7.91. The number of hydrogen-bond acceptors (Lipinski definition) is 6. The lowest BCUT2D eigenvalue weighted by molar-refractivity contribution is 0.566. The van der Waals surface area contributed by atoms with E-state index in [0.717, 1.165) is 17.2 Å². The largest absolute Gasteiger partial charge is 0.373 e. The van der Waals surface area contributed by atoms with E-state index >= 15 is 0 Å². The molecule has 2 heterocycles. The van der Waals surface area contributed by atoms with Gasteiger partial charge in [0.15, 0.2) is 9.84 Å². The first-order valence-electron chi connectivity index (χ1n) is 6.34. The average Bonchev–Trinajstić information content (AvgIpc) is 2.31. The van der Waals surface area contributed by atoms with Gasteiger partial charge < -0.3 is 10.2 Å². The minimum atomic E-state index is -2.91. The van der Waals surface area contributed by atoms with E-state index in [1.807, 2.05) is 27.8 Å². The average molecular weight is 284 g/mol. The highest BCUT2D eigenvalue weighted by Gasteiger charge is 2.30. The van der Waals surface area contributed by atoms with Crippen LogP contribution in [-0.2, 0) is 9.84 Å². The van der Waals surface area contributed by atoms with Gasteiger partial charge in [-0.05, 0) is 20.8 Å². The van der Waals surface area contributed by atoms with Crippen molar-refractivity contribution >= 4 is 21.5 Å². The van der Waals surface area contributed by atoms with Crippen molar-refractivity contribution in [2.24, 2.45) is 0 Å². The topological polar surface area (TPSA) is 75.2 Å². The quantitative estimate of drug-likeness (QED) is 0.864. The maximum absolute atomic E-state index is 11.6. The molecule has 0 spiro atoms. The van der Waals surface area contributed by atoms with E-state index in [1.165, 1.54) is 0 Å². The Bertz CT molecular complexity index is 586. The van der Waals surface area contributed by atoms with Crippen LogP contribution in [0.1, 0.15) is 18.3 Å². The van der Waals surface area contributed by atoms with Crippen molar-refractivity contribution in [3.05, 3.63) is 11.4 Å². The van der Waals surface area contributed by atoms with E-state index in [1.54, 1.807) is 0 Å². The van der Waals surface area contributed by atoms with Crippen LogP contribution >= 0.6 is 0 Å². The third kappa shape index (κ3) is 2.80. The van der Waals surface area contributed by atoms with Gasteiger partial charge in [0.2, 0.25) is 0 Å². The second-order valence-electron chi connectivity index (χ2n) is 4.97. The molecule has 6 nitrogen and oxygen atoms in total. The first kappa shape index (κ1) is 14.0. The third-order valence-electron chi connectivity index (χ3n) is 3.41. The third-order valence-corrected chi connectivity index (χ3v) is 5.21. The first-order valence-corrected chi connectivity index (χ1v) is 8.16. The van der Waals surface area contributed by atoms with Crippen LogP contribution in [0.2, 0.25) is 0 Å². The fraction of sp³-hybridized carbons (Fsp3) is 0.667. The summed E-state index contributed by atoms with van der Waals surface area (Å²) >= 11 is 0. The molecule has 2 rings (SSSR count). The number of hydrogen-bond donors (Lipinski definition) is 1. The lowest BCUT2D eigenvalue weighted by atomic mass is 10.2. The van der Waals surface area contributed by atoms with Crippen molar-refractivity contribution < 1.29 is 8.42 Å². The number of rotatable bonds is 2. The fourth-order valence-corrected chi connectivity index (χ4v) is 4.01. The van der Waals surface area contributed by atoms with E-state index in [0.29, 0.717) is 12.4 Å². The molecule has 0 bridgehead atoms. The lowest BCUT2D eigenvalue weighted by Gasteiger charge is -2.35. The summed E-state index contributed by atoms with van der Waals surface area (Å²) in [5, 5.41) is 3.05. The van der Waals surface area contributed by atoms with Gasteiger partial charge in [0.25, 0.3) is 0 Å². The van der Waals surface area contributed by atoms with Crippen molar-refractivity contribution in [1.82, 2.24) is 9.97 Å². The van der Waals surface area contributed by atoms with Crippen LogP contribution < -0.4 is 10.2 Å². The predicted molar refractivity (Wildman–Crippen MR) is 76.5 cm³/mol. The Labute approximate surface area is 114 Å². The Hall–Kier alpha value is -1.37. The monoisotopic (exact) mass is 284 g/mol. The Morgan fingerprint density at radius 1 is 1.32 bits per heavy atom. The first-order chi connectivity index (χ1) is 8.84. The summed E-state index contributed by atoms with van der Waals surface area (Å²) in [6, 6.07) is -0.0588. The Balaban J connectivity index is 2.40. The summed E-state index contributed by atoms with van der Waals surface area (Å²) in [5.74, 6) is 2.69. The summed E-state index contributed by atoms with van der Waals surface area (Å²) in [6.07, 6.45) is 0. The molecule has 1 N–H and O–H groups in total. The molecule has 1 fully saturated rings. The van der Waals surface area contributed by atoms with E-state index in [9.17, 15) is 8.42 Å². The molecule has 1 aliphatic heterocycles. The molecule has 0 radical (unpaired) electrons. The normalized spacial score (nSPS) is 22.3. The van der Waals surface area contributed by atoms with Crippen LogP contribution in [-0.4, -0.2) is 49.5 Å². The maximum Gasteiger partial charge on any atom is 0.154 e. The summed E-state index contributed by atoms with van der Waals surface area (Å²) in [4.78, 5) is 10.9. The van der Waals surface area contributed by atoms with Gasteiger partial charge in [0.05, 0.1) is 11.5 Å². The van der Waals surface area contributed by atoms with Crippen molar-refractivity contribution in [2.45, 2.75) is 26.8 Å². The molecule has 0 aromatic carbocycles. The van der Waals surface area contributed by atoms with Gasteiger partial charge in [-0.25, -0.2) is 18.4 Å². The molecule has 7 heteroatoms. The molecule has 1 atom stereocenters. The van der Waals surface area contributed by atoms with Gasteiger partial charge in [-0.1, -0.05) is 0 Å². The molecule has 19 heavy (non-hydrogen) atoms. The molecule has 0 aliphatic carbocycles. The number of aryl methyl sites for hydroxylation is 1. The molecule has 0 amide bonds. The number of anilines is 2. The van der Waals surface area contributed by atoms with E-state index in [4.69, 9.17) is 0 Å². The molecule has 106 valence electrons. The molecule has 1 aliphatic rings. The number of sulfone groups is 1. The van der Waals surface area contributed by atoms with Gasteiger partial charge in [-0.2, -0.15) is 0 Å². The van der Waals surface area contributed by atoms with Gasteiger partial charge >= 0.3 is 0 Å². The maximum atomic E-state index is 11.6. The summed E-state index contributed by atoms with van der Waals surface area (Å²) < 4.78 is 23.3. The summed E-state index contributed by atoms with van der Waals surface area (Å²) in [7, 11) is -1.09. The SMILES string of the molecule is CNc1nc(C)nc(N2CCS(=O)(=O)CC2C)c1C. The summed E-state index contributed by atoms with van der Waals surface area (Å²) in [6.45, 7) is 6.21. The molecule has 0 saturated carbocycles. The number of nitrogens with zero attached hydrogens (tertiary/aromatic N) is 3. The van der Waals surface area contributed by atoms with Crippen molar-refractivity contribution in [1.29, 1.82) is 0 Å². The molecule has 1 unspecified atom stereocenters. The fourth-order valence-electron chi connectivity index (χ4n) is 2.45. The molecule has 1 aromatic heterocycles. The minimum Gasteiger partial charge on any atom is -0.373 e. The van der Waals surface area contributed by atoms with E-state index < -0.39 is 9.84 Å². The smallest absolute Gasteiger partial charge is 0.154 e. The second kappa shape index (κ2) is 4.96. The highest BCUT2D eigenvalue weighted by atomic mass is 32.2. The Morgan fingerprint density at radius 3 is 2.58 bits per heavy atom. The van der Waals surface area contributed by atoms with Gasteiger partial charge in [-0.15, -0.1) is 0 Å². The zero-order valence-corrected chi connectivity index (χ0v) is 12.6. The Morgan fingerprint density at radius 2 is 2.00 bits per heavy atom. The second-order valence-corrected chi connectivity index (χ2v) is 7.20. The molecule has 1 aromatic rings. The van der Waals surface area contributed by atoms with Crippen molar-refractivity contribution in [3.8, 4) is 0 Å². The number of nitrogens with one attached hydrogen (secondary N) is 1. The Kier molecular flexibility index (Phi) is 3.66. The zero-order valence-electron chi connectivity index (χ0n) is 11.8. The van der Waals surface area contributed by atoms with E-state index in [-0.39, 0.29) is 17.5 Å². The van der Waals surface area contributed by atoms with Crippen molar-refractivity contribution in [3.63, 3.8) is 0 Å². The molecular formula is C12H20N4O2S. The highest BCUT2D eigenvalue weighted by Crippen LogP contribution is 2.27. The minimum absolute atomic E-state index is 0.0588.